The van der Waals surface area contributed by atoms with E-state index in [1.54, 1.807) is 0 Å². The first-order valence-electron chi connectivity index (χ1n) is 16.7. The largest absolute Gasteiger partial charge is 0.457 e. The van der Waals surface area contributed by atoms with Crippen LogP contribution in [0.1, 0.15) is 89.0 Å². The summed E-state index contributed by atoms with van der Waals surface area (Å²) >= 11 is 0. The molecular formula is C38H24F12N2O7. The lowest BCUT2D eigenvalue weighted by molar-refractivity contribution is -0.376. The fourth-order valence-electron chi connectivity index (χ4n) is 6.72. The minimum atomic E-state index is -6.63. The van der Waals surface area contributed by atoms with Gasteiger partial charge < -0.3 is 14.9 Å². The minimum absolute atomic E-state index is 0.0103. The van der Waals surface area contributed by atoms with E-state index in [1.807, 2.05) is 5.32 Å². The number of halogens is 12. The summed E-state index contributed by atoms with van der Waals surface area (Å²) in [5, 5.41) is 22.8. The summed E-state index contributed by atoms with van der Waals surface area (Å²) in [6, 6.07) is 9.60. The first kappa shape index (κ1) is 42.6. The highest BCUT2D eigenvalue weighted by molar-refractivity contribution is 6.34. The second kappa shape index (κ2) is 13.8. The first-order valence-corrected chi connectivity index (χ1v) is 16.7. The number of benzene rings is 4. The molecule has 3 N–H and O–H groups in total. The van der Waals surface area contributed by atoms with E-state index in [1.165, 1.54) is 26.0 Å². The number of hydrogen-bond donors (Lipinski definition) is 3. The third-order valence-corrected chi connectivity index (χ3v) is 9.67. The molecule has 2 aliphatic heterocycles. The quantitative estimate of drug-likeness (QED) is 0.120. The van der Waals surface area contributed by atoms with Crippen molar-refractivity contribution in [3.05, 3.63) is 123 Å². The number of nitrogens with zero attached hydrogens (tertiary/aromatic N) is 1. The maximum atomic E-state index is 14.4. The highest BCUT2D eigenvalue weighted by atomic mass is 19.4. The Labute approximate surface area is 322 Å². The molecule has 4 aromatic carbocycles. The molecule has 0 saturated carbocycles. The number of rotatable bonds is 8. The Morgan fingerprint density at radius 3 is 1.53 bits per heavy atom. The Morgan fingerprint density at radius 2 is 1.00 bits per heavy atom. The standard InChI is InChI=1S/C38H24F12N2O7/c1-16(2)21-7-3-17(12-26(21)33(57,35(39,40)41)36(42,43)44)11-18-4-10-28(27(13-18)34(58,37(45,46)47)38(48,49)50)52-31(55)23-9-6-20(15-25(23)32(52)56)59-19-5-8-22-24(14-19)30(54)51-29(22)53/h3-10,12-16,57-58H,11H2,1-2H3,(H,51,53,54). The van der Waals surface area contributed by atoms with E-state index in [2.05, 4.69) is 0 Å². The van der Waals surface area contributed by atoms with Crippen LogP contribution in [-0.4, -0.2) is 58.5 Å². The van der Waals surface area contributed by atoms with Crippen molar-refractivity contribution < 1.29 is 86.8 Å². The van der Waals surface area contributed by atoms with Crippen molar-refractivity contribution in [1.29, 1.82) is 0 Å². The molecule has 0 aliphatic carbocycles. The van der Waals surface area contributed by atoms with Crippen molar-refractivity contribution in [2.75, 3.05) is 4.90 Å². The summed E-state index contributed by atoms with van der Waals surface area (Å²) in [5.41, 5.74) is -19.8. The minimum Gasteiger partial charge on any atom is -0.457 e. The SMILES string of the molecule is CC(C)c1ccc(Cc2ccc(N3C(=O)c4ccc(Oc5ccc6c(c5)C(=O)NC6=O)cc4C3=O)c(C(O)(C(F)(F)F)C(F)(F)F)c2)cc1C(O)(C(F)(F)F)C(F)(F)F. The molecule has 4 aromatic rings. The van der Waals surface area contributed by atoms with E-state index in [4.69, 9.17) is 4.74 Å². The van der Waals surface area contributed by atoms with Gasteiger partial charge in [-0.05, 0) is 77.6 Å². The fourth-order valence-corrected chi connectivity index (χ4v) is 6.72. The van der Waals surface area contributed by atoms with Gasteiger partial charge in [-0.2, -0.15) is 52.7 Å². The van der Waals surface area contributed by atoms with Gasteiger partial charge in [-0.1, -0.05) is 38.1 Å². The summed E-state index contributed by atoms with van der Waals surface area (Å²) in [6.07, 6.45) is -27.0. The Kier molecular flexibility index (Phi) is 9.99. The lowest BCUT2D eigenvalue weighted by Gasteiger charge is -2.35. The fraction of sp³-hybridized carbons (Fsp3) is 0.263. The van der Waals surface area contributed by atoms with Gasteiger partial charge in [-0.3, -0.25) is 24.5 Å². The number of carbonyl (C=O) groups is 4. The molecule has 21 heteroatoms. The number of fused-ring (bicyclic) bond motifs is 2. The zero-order valence-corrected chi connectivity index (χ0v) is 29.6. The lowest BCUT2D eigenvalue weighted by atomic mass is 9.82. The predicted molar refractivity (Wildman–Crippen MR) is 178 cm³/mol. The van der Waals surface area contributed by atoms with E-state index in [-0.39, 0.29) is 39.7 Å². The molecule has 0 radical (unpaired) electrons. The Balaban J connectivity index is 1.44. The zero-order valence-electron chi connectivity index (χ0n) is 29.6. The molecule has 0 saturated heterocycles. The van der Waals surface area contributed by atoms with Crippen molar-refractivity contribution >= 4 is 29.3 Å². The van der Waals surface area contributed by atoms with Crippen LogP contribution in [0.3, 0.4) is 0 Å². The van der Waals surface area contributed by atoms with Gasteiger partial charge in [0.1, 0.15) is 11.5 Å². The summed E-state index contributed by atoms with van der Waals surface area (Å²) in [5.74, 6) is -5.83. The molecule has 2 heterocycles. The summed E-state index contributed by atoms with van der Waals surface area (Å²) in [4.78, 5) is 51.0. The average Bonchev–Trinajstić information content (AvgIpc) is 3.54. The maximum Gasteiger partial charge on any atom is 0.430 e. The molecule has 312 valence electrons. The second-order valence-corrected chi connectivity index (χ2v) is 13.8. The molecule has 0 unspecified atom stereocenters. The van der Waals surface area contributed by atoms with Crippen LogP contribution in [0.4, 0.5) is 58.4 Å². The number of amides is 4. The van der Waals surface area contributed by atoms with Crippen LogP contribution >= 0.6 is 0 Å². The third kappa shape index (κ3) is 6.84. The number of anilines is 1. The molecule has 59 heavy (non-hydrogen) atoms. The van der Waals surface area contributed by atoms with Crippen molar-refractivity contribution in [3.8, 4) is 11.5 Å². The molecule has 2 aliphatic rings. The number of aliphatic hydroxyl groups is 2. The van der Waals surface area contributed by atoms with Crippen molar-refractivity contribution in [3.63, 3.8) is 0 Å². The predicted octanol–water partition coefficient (Wildman–Crippen LogP) is 8.50. The summed E-state index contributed by atoms with van der Waals surface area (Å²) in [7, 11) is 0. The topological polar surface area (TPSA) is 133 Å². The molecule has 0 atom stereocenters. The van der Waals surface area contributed by atoms with Gasteiger partial charge in [0.15, 0.2) is 0 Å². The molecule has 0 bridgehead atoms. The second-order valence-electron chi connectivity index (χ2n) is 13.8. The van der Waals surface area contributed by atoms with Crippen LogP contribution in [-0.2, 0) is 17.6 Å². The summed E-state index contributed by atoms with van der Waals surface area (Å²) in [6.45, 7) is 2.39. The van der Waals surface area contributed by atoms with Gasteiger partial charge >= 0.3 is 24.7 Å². The molecule has 9 nitrogen and oxygen atoms in total. The Bertz CT molecular complexity index is 2410. The summed E-state index contributed by atoms with van der Waals surface area (Å²) < 4.78 is 176. The van der Waals surface area contributed by atoms with E-state index < -0.39 is 117 Å². The van der Waals surface area contributed by atoms with Gasteiger partial charge in [0.05, 0.1) is 27.9 Å². The molecule has 0 fully saturated rings. The highest BCUT2D eigenvalue weighted by Gasteiger charge is 2.73. The van der Waals surface area contributed by atoms with Crippen molar-refractivity contribution in [2.24, 2.45) is 0 Å². The van der Waals surface area contributed by atoms with Crippen molar-refractivity contribution in [2.45, 2.75) is 62.1 Å². The van der Waals surface area contributed by atoms with Crippen LogP contribution in [0, 0.1) is 0 Å². The van der Waals surface area contributed by atoms with Crippen LogP contribution < -0.4 is 15.0 Å². The van der Waals surface area contributed by atoms with Gasteiger partial charge in [0.25, 0.3) is 34.8 Å². The van der Waals surface area contributed by atoms with Gasteiger partial charge in [0.2, 0.25) is 0 Å². The van der Waals surface area contributed by atoms with E-state index in [0.29, 0.717) is 12.1 Å². The smallest absolute Gasteiger partial charge is 0.430 e. The number of hydrogen-bond acceptors (Lipinski definition) is 7. The lowest BCUT2D eigenvalue weighted by Crippen LogP contribution is -2.54. The molecule has 4 amide bonds. The number of carbonyl (C=O) groups excluding carboxylic acids is 4. The Morgan fingerprint density at radius 1 is 0.559 bits per heavy atom. The van der Waals surface area contributed by atoms with Crippen LogP contribution in [0.25, 0.3) is 0 Å². The van der Waals surface area contributed by atoms with E-state index >= 15 is 0 Å². The average molecular weight is 849 g/mol. The molecule has 0 aromatic heterocycles. The number of nitrogens with one attached hydrogen (secondary N) is 1. The van der Waals surface area contributed by atoms with Gasteiger partial charge in [-0.15, -0.1) is 0 Å². The van der Waals surface area contributed by atoms with Crippen LogP contribution in [0.2, 0.25) is 0 Å². The highest BCUT2D eigenvalue weighted by Crippen LogP contribution is 2.54. The number of imide groups is 2. The maximum absolute atomic E-state index is 14.4. The first-order chi connectivity index (χ1) is 27.0. The zero-order chi connectivity index (χ0) is 44.0. The number of ether oxygens (including phenoxy) is 1. The molecule has 0 spiro atoms. The normalized spacial score (nSPS) is 15.2. The van der Waals surface area contributed by atoms with Gasteiger partial charge in [-0.25, -0.2) is 4.90 Å². The van der Waals surface area contributed by atoms with Crippen LogP contribution in [0.15, 0.2) is 72.8 Å². The van der Waals surface area contributed by atoms with Gasteiger partial charge in [0, 0.05) is 11.1 Å². The monoisotopic (exact) mass is 848 g/mol. The van der Waals surface area contributed by atoms with Crippen LogP contribution in [0.5, 0.6) is 11.5 Å². The van der Waals surface area contributed by atoms with Crippen molar-refractivity contribution in [1.82, 2.24) is 5.32 Å². The number of alkyl halides is 12. The third-order valence-electron chi connectivity index (χ3n) is 9.67. The van der Waals surface area contributed by atoms with E-state index in [9.17, 15) is 82.1 Å². The Hall–Kier alpha value is -5.96. The molecular weight excluding hydrogens is 824 g/mol. The van der Waals surface area contributed by atoms with E-state index in [0.717, 1.165) is 36.4 Å². The molecule has 6 rings (SSSR count).